The normalized spacial score (nSPS) is 28.9. The molecule has 0 radical (unpaired) electrons. The molecule has 16 heteroatoms. The number of carbonyl (C=O) groups is 3. The quantitative estimate of drug-likeness (QED) is 0.283. The lowest BCUT2D eigenvalue weighted by Crippen LogP contribution is -2.68. The second kappa shape index (κ2) is 15.7. The van der Waals surface area contributed by atoms with E-state index in [-0.39, 0.29) is 18.8 Å². The van der Waals surface area contributed by atoms with Crippen molar-refractivity contribution < 1.29 is 42.1 Å². The number of fused-ring (bicyclic) bond motifs is 3. The van der Waals surface area contributed by atoms with Crippen molar-refractivity contribution in [2.45, 2.75) is 133 Å². The Morgan fingerprint density at radius 1 is 1.11 bits per heavy atom. The van der Waals surface area contributed by atoms with Crippen molar-refractivity contribution in [3.05, 3.63) is 48.2 Å². The Morgan fingerprint density at radius 2 is 1.87 bits per heavy atom. The summed E-state index contributed by atoms with van der Waals surface area (Å²) in [6.45, 7) is 8.81. The van der Waals surface area contributed by atoms with Gasteiger partial charge in [0.25, 0.3) is 5.91 Å². The van der Waals surface area contributed by atoms with Crippen LogP contribution in [0.15, 0.2) is 42.5 Å². The molecule has 1 aromatic heterocycles. The number of amides is 3. The monoisotopic (exact) mass is 782 g/mol. The van der Waals surface area contributed by atoms with Crippen LogP contribution in [-0.2, 0) is 30.8 Å². The third-order valence-electron chi connectivity index (χ3n) is 10.9. The number of methoxy groups -OCH3 is 1. The molecule has 6 atom stereocenters. The van der Waals surface area contributed by atoms with Crippen LogP contribution in [0, 0.1) is 5.92 Å². The second-order valence-corrected chi connectivity index (χ2v) is 18.4. The van der Waals surface area contributed by atoms with E-state index in [1.54, 1.807) is 57.9 Å². The van der Waals surface area contributed by atoms with E-state index in [1.807, 2.05) is 25.1 Å². The number of nitrogens with one attached hydrogen (secondary N) is 3. The number of aliphatic hydroxyl groups excluding tert-OH is 1. The molecule has 55 heavy (non-hydrogen) atoms. The zero-order valence-corrected chi connectivity index (χ0v) is 33.3. The van der Waals surface area contributed by atoms with E-state index in [1.165, 1.54) is 6.08 Å². The molecular weight excluding hydrogens is 729 g/mol. The molecule has 15 nitrogen and oxygen atoms in total. The molecule has 2 aliphatic carbocycles. The zero-order valence-electron chi connectivity index (χ0n) is 32.5. The van der Waals surface area contributed by atoms with Crippen molar-refractivity contribution in [3.8, 4) is 11.6 Å². The molecule has 2 fully saturated rings. The van der Waals surface area contributed by atoms with E-state index in [9.17, 15) is 27.9 Å². The second-order valence-electron chi connectivity index (χ2n) is 16.2. The number of aryl methyl sites for hydroxylation is 1. The highest BCUT2D eigenvalue weighted by Crippen LogP contribution is 2.43. The molecule has 0 spiro atoms. The smallest absolute Gasteiger partial charge is 0.408 e. The first-order valence-electron chi connectivity index (χ1n) is 19.2. The minimum Gasteiger partial charge on any atom is -0.497 e. The largest absolute Gasteiger partial charge is 0.497 e. The Bertz CT molecular complexity index is 1960. The molecule has 3 amide bonds. The number of hydrogen-bond acceptors (Lipinski definition) is 12. The number of sulfonamides is 1. The van der Waals surface area contributed by atoms with Crippen LogP contribution < -0.4 is 24.8 Å². The van der Waals surface area contributed by atoms with Crippen LogP contribution in [0.4, 0.5) is 4.79 Å². The van der Waals surface area contributed by atoms with Gasteiger partial charge in [0.05, 0.1) is 35.0 Å². The molecule has 1 saturated heterocycles. The third kappa shape index (κ3) is 8.76. The fraction of sp³-hybridized carbons (Fsp3) is 0.615. The molecule has 1 saturated carbocycles. The minimum atomic E-state index is -4.03. The molecule has 300 valence electrons. The predicted molar refractivity (Wildman–Crippen MR) is 205 cm³/mol. The van der Waals surface area contributed by atoms with Gasteiger partial charge in [-0.15, -0.1) is 0 Å². The Balaban J connectivity index is 1.34. The van der Waals surface area contributed by atoms with Gasteiger partial charge in [-0.05, 0) is 78.4 Å². The van der Waals surface area contributed by atoms with Gasteiger partial charge in [0.2, 0.25) is 21.8 Å². The van der Waals surface area contributed by atoms with Crippen molar-refractivity contribution in [2.75, 3.05) is 13.7 Å². The topological polar surface area (TPSA) is 198 Å². The molecule has 3 heterocycles. The van der Waals surface area contributed by atoms with Crippen molar-refractivity contribution >= 4 is 39.0 Å². The lowest BCUT2D eigenvalue weighted by Gasteiger charge is -2.42. The molecule has 4 N–H and O–H groups in total. The highest BCUT2D eigenvalue weighted by Gasteiger charge is 2.56. The van der Waals surface area contributed by atoms with Crippen LogP contribution in [0.2, 0.25) is 0 Å². The maximum absolute atomic E-state index is 14.6. The number of hydrogen-bond donors (Lipinski definition) is 4. The van der Waals surface area contributed by atoms with Gasteiger partial charge in [-0.3, -0.25) is 19.2 Å². The maximum atomic E-state index is 14.6. The summed E-state index contributed by atoms with van der Waals surface area (Å²) in [5.74, 6) is -1.21. The van der Waals surface area contributed by atoms with Crippen LogP contribution in [0.3, 0.4) is 0 Å². The molecular formula is C39H54N6O9S. The van der Waals surface area contributed by atoms with Gasteiger partial charge in [0, 0.05) is 24.9 Å². The van der Waals surface area contributed by atoms with E-state index in [2.05, 4.69) is 15.4 Å². The van der Waals surface area contributed by atoms with E-state index >= 15 is 0 Å². The van der Waals surface area contributed by atoms with E-state index in [0.717, 1.165) is 12.8 Å². The fourth-order valence-electron chi connectivity index (χ4n) is 7.24. The van der Waals surface area contributed by atoms with E-state index < -0.39 is 74.2 Å². The van der Waals surface area contributed by atoms with E-state index in [0.29, 0.717) is 61.0 Å². The number of benzene rings is 1. The summed E-state index contributed by atoms with van der Waals surface area (Å²) < 4.78 is 45.1. The molecule has 1 unspecified atom stereocenters. The van der Waals surface area contributed by atoms with Crippen LogP contribution in [0.5, 0.6) is 11.6 Å². The zero-order chi connectivity index (χ0) is 39.8. The average Bonchev–Trinajstić information content (AvgIpc) is 3.75. The van der Waals surface area contributed by atoms with Crippen molar-refractivity contribution in [1.29, 1.82) is 0 Å². The van der Waals surface area contributed by atoms with Gasteiger partial charge in [-0.2, -0.15) is 0 Å². The van der Waals surface area contributed by atoms with Gasteiger partial charge in [0.15, 0.2) is 0 Å². The molecule has 2 aliphatic heterocycles. The number of carbonyl (C=O) groups excluding carboxylic acids is 3. The van der Waals surface area contributed by atoms with Crippen LogP contribution in [0.25, 0.3) is 11.0 Å². The maximum Gasteiger partial charge on any atom is 0.408 e. The predicted octanol–water partition coefficient (Wildman–Crippen LogP) is 3.79. The van der Waals surface area contributed by atoms with Crippen LogP contribution >= 0.6 is 0 Å². The highest BCUT2D eigenvalue weighted by molar-refractivity contribution is 7.91. The van der Waals surface area contributed by atoms with Crippen molar-refractivity contribution in [2.24, 2.45) is 5.92 Å². The SMILES string of the molecule is CCc1nc2ccc(OC)cc2nc1O[C@@H]1C[C@H]2C(=O)N[C@]3(C(=O)NS(=O)(=O)C4(C)CC4)C=C[C@H]3/C=C\CCCCC[C@H](NC(=O)OC(C)(C)C)C(O)N2C1. The summed E-state index contributed by atoms with van der Waals surface area (Å²) in [4.78, 5) is 52.7. The molecule has 6 rings (SSSR count). The van der Waals surface area contributed by atoms with Crippen molar-refractivity contribution in [1.82, 2.24) is 30.2 Å². The number of aromatic nitrogens is 2. The number of alkyl carbamates (subject to hydrolysis) is 1. The fourth-order valence-corrected chi connectivity index (χ4v) is 8.54. The number of aliphatic hydroxyl groups is 1. The van der Waals surface area contributed by atoms with Crippen LogP contribution in [-0.4, -0.2) is 100 Å². The van der Waals surface area contributed by atoms with Crippen molar-refractivity contribution in [3.63, 3.8) is 0 Å². The molecule has 1 aromatic carbocycles. The number of ether oxygens (including phenoxy) is 3. The Labute approximate surface area is 322 Å². The molecule has 0 bridgehead atoms. The summed E-state index contributed by atoms with van der Waals surface area (Å²) in [7, 11) is -2.47. The Kier molecular flexibility index (Phi) is 11.5. The number of rotatable bonds is 8. The molecule has 4 aliphatic rings. The lowest BCUT2D eigenvalue weighted by atomic mass is 9.73. The van der Waals surface area contributed by atoms with E-state index in [4.69, 9.17) is 24.2 Å². The highest BCUT2D eigenvalue weighted by atomic mass is 32.2. The Morgan fingerprint density at radius 3 is 2.53 bits per heavy atom. The molecule has 2 aromatic rings. The summed E-state index contributed by atoms with van der Waals surface area (Å²) in [6, 6.07) is 3.47. The lowest BCUT2D eigenvalue weighted by molar-refractivity contribution is -0.137. The summed E-state index contributed by atoms with van der Waals surface area (Å²) >= 11 is 0. The van der Waals surface area contributed by atoms with Crippen LogP contribution in [0.1, 0.15) is 91.7 Å². The number of nitrogens with zero attached hydrogens (tertiary/aromatic N) is 3. The summed E-state index contributed by atoms with van der Waals surface area (Å²) in [6.07, 6.45) is 9.02. The minimum absolute atomic E-state index is 0.0534. The van der Waals surface area contributed by atoms with Gasteiger partial charge in [-0.25, -0.2) is 23.2 Å². The Hall–Kier alpha value is -4.28. The third-order valence-corrected chi connectivity index (χ3v) is 13.0. The van der Waals surface area contributed by atoms with Gasteiger partial charge in [-0.1, -0.05) is 44.1 Å². The van der Waals surface area contributed by atoms with Gasteiger partial charge >= 0.3 is 6.09 Å². The summed E-state index contributed by atoms with van der Waals surface area (Å²) in [5.41, 5.74) is -0.670. The number of allylic oxidation sites excluding steroid dienone is 1. The average molecular weight is 783 g/mol. The standard InChI is InChI=1S/C39H54N6O9S/c1-7-27-33(41-30-21-25(52-6)15-16-28(30)40-27)53-26-22-31-32(46)43-39(35(48)44-55(50,51)38(5)19-20-38)18-17-24(39)13-11-9-8-10-12-14-29(34(47)45(31)23-26)42-36(49)54-37(2,3)4/h11,13,15-18,21,24,26,29,31,34,47H,7-10,12,14,19-20,22-23H2,1-6H3,(H,42,49)(H,43,46)(H,44,48)/b13-11-/t24-,26-,29+,31+,34?,39-/m1/s1. The first kappa shape index (κ1) is 40.4. The van der Waals surface area contributed by atoms with Gasteiger partial charge in [0.1, 0.15) is 34.9 Å². The first-order chi connectivity index (χ1) is 26.0. The summed E-state index contributed by atoms with van der Waals surface area (Å²) in [5, 5.41) is 17.8. The van der Waals surface area contributed by atoms with Gasteiger partial charge < -0.3 is 30.0 Å². The first-order valence-corrected chi connectivity index (χ1v) is 20.7.